The van der Waals surface area contributed by atoms with Crippen LogP contribution in [0.2, 0.25) is 5.15 Å². The maximum Gasteiger partial charge on any atom is 0.334 e. The van der Waals surface area contributed by atoms with Crippen molar-refractivity contribution in [3.05, 3.63) is 35.6 Å². The van der Waals surface area contributed by atoms with E-state index < -0.39 is 15.1 Å². The fraction of sp³-hybridized carbons (Fsp3) is 0. The summed E-state index contributed by atoms with van der Waals surface area (Å²) in [6.45, 7) is 0. The highest BCUT2D eigenvalue weighted by Crippen LogP contribution is 2.27. The first-order valence-electron chi connectivity index (χ1n) is 3.98. The number of aromatic nitrogens is 1. The van der Waals surface area contributed by atoms with Crippen LogP contribution in [0.3, 0.4) is 0 Å². The van der Waals surface area contributed by atoms with Gasteiger partial charge in [-0.1, -0.05) is 35.9 Å². The zero-order chi connectivity index (χ0) is 11.1. The van der Waals surface area contributed by atoms with Gasteiger partial charge in [-0.2, -0.15) is 8.42 Å². The van der Waals surface area contributed by atoms with E-state index in [1.165, 1.54) is 6.07 Å². The van der Waals surface area contributed by atoms with Crippen molar-refractivity contribution in [2.75, 3.05) is 0 Å². The highest BCUT2D eigenvalue weighted by atomic mass is 35.5. The lowest BCUT2D eigenvalue weighted by atomic mass is 10.2. The predicted molar refractivity (Wildman–Crippen MR) is 55.0 cm³/mol. The van der Waals surface area contributed by atoms with Crippen molar-refractivity contribution in [1.82, 2.24) is 4.98 Å². The molecule has 0 spiro atoms. The topological polar surface area (TPSA) is 47.0 Å². The zero-order valence-corrected chi connectivity index (χ0v) is 8.89. The van der Waals surface area contributed by atoms with E-state index in [2.05, 4.69) is 4.98 Å². The molecule has 0 unspecified atom stereocenters. The molecule has 1 heterocycles. The van der Waals surface area contributed by atoms with E-state index in [0.29, 0.717) is 5.39 Å². The average Bonchev–Trinajstić information content (AvgIpc) is 2.17. The molecule has 1 aromatic carbocycles. The van der Waals surface area contributed by atoms with Gasteiger partial charge in [-0.25, -0.2) is 4.98 Å². The Morgan fingerprint density at radius 2 is 1.80 bits per heavy atom. The van der Waals surface area contributed by atoms with Crippen LogP contribution in [0.4, 0.5) is 3.89 Å². The molecule has 0 atom stereocenters. The van der Waals surface area contributed by atoms with Gasteiger partial charge in [-0.15, -0.1) is 3.89 Å². The Balaban J connectivity index is 2.96. The standard InChI is InChI=1S/C9H5ClFNO2S/c10-9-7-4-2-1-3-6(7)8(5-12-9)15(11,13)14/h1-5H. The monoisotopic (exact) mass is 245 g/mol. The fourth-order valence-corrected chi connectivity index (χ4v) is 2.16. The number of benzene rings is 1. The first-order valence-corrected chi connectivity index (χ1v) is 5.74. The molecule has 0 bridgehead atoms. The lowest BCUT2D eigenvalue weighted by molar-refractivity contribution is 0.553. The Morgan fingerprint density at radius 3 is 2.40 bits per heavy atom. The SMILES string of the molecule is O=S(=O)(F)c1cnc(Cl)c2ccccc12. The quantitative estimate of drug-likeness (QED) is 0.573. The summed E-state index contributed by atoms with van der Waals surface area (Å²) in [5.41, 5.74) is 0. The van der Waals surface area contributed by atoms with Crippen LogP contribution >= 0.6 is 11.6 Å². The average molecular weight is 246 g/mol. The summed E-state index contributed by atoms with van der Waals surface area (Å²) in [5.74, 6) is 0. The summed E-state index contributed by atoms with van der Waals surface area (Å²) in [7, 11) is -4.77. The van der Waals surface area contributed by atoms with Crippen LogP contribution in [0.15, 0.2) is 35.4 Å². The zero-order valence-electron chi connectivity index (χ0n) is 7.31. The van der Waals surface area contributed by atoms with Gasteiger partial charge in [-0.3, -0.25) is 0 Å². The molecule has 0 aliphatic heterocycles. The number of hydrogen-bond acceptors (Lipinski definition) is 3. The summed E-state index contributed by atoms with van der Waals surface area (Å²) in [5, 5.41) is 0.802. The molecule has 0 radical (unpaired) electrons. The van der Waals surface area contributed by atoms with Gasteiger partial charge in [0, 0.05) is 10.8 Å². The van der Waals surface area contributed by atoms with Crippen molar-refractivity contribution in [1.29, 1.82) is 0 Å². The fourth-order valence-electron chi connectivity index (χ4n) is 1.33. The lowest BCUT2D eigenvalue weighted by Gasteiger charge is -2.02. The van der Waals surface area contributed by atoms with E-state index in [9.17, 15) is 12.3 Å². The summed E-state index contributed by atoms with van der Waals surface area (Å²) in [6, 6.07) is 6.34. The lowest BCUT2D eigenvalue weighted by Crippen LogP contribution is -1.95. The van der Waals surface area contributed by atoms with Crippen LogP contribution in [0.25, 0.3) is 10.8 Å². The highest BCUT2D eigenvalue weighted by Gasteiger charge is 2.17. The number of pyridine rings is 1. The normalized spacial score (nSPS) is 11.9. The van der Waals surface area contributed by atoms with Crippen molar-refractivity contribution in [2.24, 2.45) is 0 Å². The van der Waals surface area contributed by atoms with Crippen molar-refractivity contribution >= 4 is 32.6 Å². The minimum absolute atomic E-state index is 0.151. The minimum atomic E-state index is -4.77. The number of halogens is 2. The summed E-state index contributed by atoms with van der Waals surface area (Å²) < 4.78 is 34.5. The van der Waals surface area contributed by atoms with Gasteiger partial charge in [-0.05, 0) is 0 Å². The molecule has 0 saturated heterocycles. The molecule has 2 aromatic rings. The predicted octanol–water partition coefficient (Wildman–Crippen LogP) is 2.55. The molecule has 0 aliphatic carbocycles. The van der Waals surface area contributed by atoms with Crippen molar-refractivity contribution in [3.63, 3.8) is 0 Å². The van der Waals surface area contributed by atoms with Crippen LogP contribution in [0.1, 0.15) is 0 Å². The first kappa shape index (κ1) is 10.3. The molecular formula is C9H5ClFNO2S. The van der Waals surface area contributed by atoms with Gasteiger partial charge < -0.3 is 0 Å². The summed E-state index contributed by atoms with van der Waals surface area (Å²) >= 11 is 5.75. The van der Waals surface area contributed by atoms with Crippen molar-refractivity contribution in [3.8, 4) is 0 Å². The summed E-state index contributed by atoms with van der Waals surface area (Å²) in [6.07, 6.45) is 0.917. The Morgan fingerprint density at radius 1 is 1.20 bits per heavy atom. The maximum atomic E-state index is 12.9. The van der Waals surface area contributed by atoms with Gasteiger partial charge >= 0.3 is 10.2 Å². The molecule has 0 saturated carbocycles. The number of hydrogen-bond donors (Lipinski definition) is 0. The largest absolute Gasteiger partial charge is 0.334 e. The van der Waals surface area contributed by atoms with E-state index in [0.717, 1.165) is 6.20 Å². The molecule has 2 rings (SSSR count). The van der Waals surface area contributed by atoms with E-state index in [-0.39, 0.29) is 10.5 Å². The molecule has 78 valence electrons. The van der Waals surface area contributed by atoms with Gasteiger partial charge in [0.15, 0.2) is 0 Å². The minimum Gasteiger partial charge on any atom is -0.242 e. The third-order valence-corrected chi connectivity index (χ3v) is 3.12. The Hall–Kier alpha value is -1.20. The van der Waals surface area contributed by atoms with Gasteiger partial charge in [0.25, 0.3) is 0 Å². The van der Waals surface area contributed by atoms with Crippen molar-refractivity contribution < 1.29 is 12.3 Å². The van der Waals surface area contributed by atoms with E-state index >= 15 is 0 Å². The molecule has 6 heteroatoms. The molecule has 0 aliphatic rings. The maximum absolute atomic E-state index is 12.9. The van der Waals surface area contributed by atoms with Gasteiger partial charge in [0.05, 0.1) is 6.20 Å². The molecule has 15 heavy (non-hydrogen) atoms. The first-order chi connectivity index (χ1) is 7.00. The summed E-state index contributed by atoms with van der Waals surface area (Å²) in [4.78, 5) is 3.16. The Bertz CT molecular complexity index is 627. The Labute approximate surface area is 90.7 Å². The van der Waals surface area contributed by atoms with E-state index in [4.69, 9.17) is 11.6 Å². The van der Waals surface area contributed by atoms with E-state index in [1.54, 1.807) is 18.2 Å². The van der Waals surface area contributed by atoms with Crippen LogP contribution in [0, 0.1) is 0 Å². The van der Waals surface area contributed by atoms with Crippen LogP contribution in [0.5, 0.6) is 0 Å². The molecule has 0 N–H and O–H groups in total. The number of nitrogens with zero attached hydrogens (tertiary/aromatic N) is 1. The highest BCUT2D eigenvalue weighted by molar-refractivity contribution is 7.86. The second-order valence-corrected chi connectivity index (χ2v) is 4.57. The van der Waals surface area contributed by atoms with Crippen LogP contribution < -0.4 is 0 Å². The molecule has 0 fully saturated rings. The Kier molecular flexibility index (Phi) is 2.36. The second-order valence-electron chi connectivity index (χ2n) is 2.90. The van der Waals surface area contributed by atoms with Crippen molar-refractivity contribution in [2.45, 2.75) is 4.90 Å². The molecule has 1 aromatic heterocycles. The molecule has 0 amide bonds. The van der Waals surface area contributed by atoms with Gasteiger partial charge in [0.2, 0.25) is 0 Å². The number of fused-ring (bicyclic) bond motifs is 1. The van der Waals surface area contributed by atoms with E-state index in [1.807, 2.05) is 0 Å². The second kappa shape index (κ2) is 3.43. The molecule has 3 nitrogen and oxygen atoms in total. The number of rotatable bonds is 1. The van der Waals surface area contributed by atoms with Gasteiger partial charge in [0.1, 0.15) is 10.0 Å². The molecular weight excluding hydrogens is 241 g/mol. The van der Waals surface area contributed by atoms with Crippen LogP contribution in [-0.4, -0.2) is 13.4 Å². The third kappa shape index (κ3) is 1.80. The van der Waals surface area contributed by atoms with Crippen LogP contribution in [-0.2, 0) is 10.2 Å². The third-order valence-electron chi connectivity index (χ3n) is 1.97. The smallest absolute Gasteiger partial charge is 0.242 e.